The number of nitrogens with one attached hydrogen (secondary N) is 1. The second-order valence-corrected chi connectivity index (χ2v) is 5.80. The van der Waals surface area contributed by atoms with Crippen LogP contribution in [-0.2, 0) is 10.3 Å². The summed E-state index contributed by atoms with van der Waals surface area (Å²) in [6, 6.07) is 11.1. The fourth-order valence-electron chi connectivity index (χ4n) is 2.73. The van der Waals surface area contributed by atoms with E-state index in [-0.39, 0.29) is 18.7 Å². The molecule has 5 nitrogen and oxygen atoms in total. The summed E-state index contributed by atoms with van der Waals surface area (Å²) in [6.07, 6.45) is 0. The Kier molecular flexibility index (Phi) is 4.39. The molecule has 3 rings (SSSR count). The zero-order chi connectivity index (χ0) is 18.0. The van der Waals surface area contributed by atoms with Gasteiger partial charge in [0.2, 0.25) is 0 Å². The number of urea groups is 1. The summed E-state index contributed by atoms with van der Waals surface area (Å²) < 4.78 is 33.0. The Morgan fingerprint density at radius 3 is 2.56 bits per heavy atom. The number of carbonyl (C=O) groups is 2. The Hall–Kier alpha value is -2.96. The maximum Gasteiger partial charge on any atom is 0.325 e. The van der Waals surface area contributed by atoms with Gasteiger partial charge in [-0.3, -0.25) is 9.69 Å². The molecule has 3 amide bonds. The minimum absolute atomic E-state index is 0.00785. The normalized spacial score (nSPS) is 19.9. The molecule has 0 spiro atoms. The van der Waals surface area contributed by atoms with E-state index >= 15 is 0 Å². The van der Waals surface area contributed by atoms with Crippen molar-refractivity contribution in [2.45, 2.75) is 12.5 Å². The summed E-state index contributed by atoms with van der Waals surface area (Å²) in [4.78, 5) is 25.7. The van der Waals surface area contributed by atoms with Gasteiger partial charge >= 0.3 is 6.03 Å². The van der Waals surface area contributed by atoms with E-state index in [0.29, 0.717) is 5.75 Å². The summed E-state index contributed by atoms with van der Waals surface area (Å²) in [5, 5.41) is 2.44. The number of halogens is 2. The van der Waals surface area contributed by atoms with Crippen LogP contribution >= 0.6 is 0 Å². The average molecular weight is 346 g/mol. The molecule has 0 bridgehead atoms. The van der Waals surface area contributed by atoms with Gasteiger partial charge in [0.15, 0.2) is 0 Å². The molecule has 0 aliphatic carbocycles. The fraction of sp³-hybridized carbons (Fsp3) is 0.222. The number of hydrogen-bond donors (Lipinski definition) is 1. The number of amides is 3. The van der Waals surface area contributed by atoms with Crippen LogP contribution in [0.3, 0.4) is 0 Å². The Balaban J connectivity index is 1.74. The highest BCUT2D eigenvalue weighted by Gasteiger charge is 2.50. The van der Waals surface area contributed by atoms with Crippen LogP contribution in [0.5, 0.6) is 5.75 Å². The van der Waals surface area contributed by atoms with Gasteiger partial charge in [-0.2, -0.15) is 0 Å². The van der Waals surface area contributed by atoms with Gasteiger partial charge in [-0.05, 0) is 37.3 Å². The van der Waals surface area contributed by atoms with E-state index in [4.69, 9.17) is 4.74 Å². The highest BCUT2D eigenvalue weighted by Crippen LogP contribution is 2.31. The highest BCUT2D eigenvalue weighted by molar-refractivity contribution is 6.07. The third-order valence-electron chi connectivity index (χ3n) is 4.07. The average Bonchev–Trinajstić information content (AvgIpc) is 2.82. The van der Waals surface area contributed by atoms with Gasteiger partial charge in [0.25, 0.3) is 5.91 Å². The number of para-hydroxylation sites is 1. The first-order valence-corrected chi connectivity index (χ1v) is 7.69. The molecule has 2 aromatic rings. The van der Waals surface area contributed by atoms with Crippen LogP contribution in [-0.4, -0.2) is 30.0 Å². The lowest BCUT2D eigenvalue weighted by molar-refractivity contribution is -0.131. The number of carbonyl (C=O) groups excluding carboxylic acids is 2. The van der Waals surface area contributed by atoms with Crippen LogP contribution in [0.25, 0.3) is 0 Å². The first-order chi connectivity index (χ1) is 11.9. The maximum atomic E-state index is 14.1. The predicted molar refractivity (Wildman–Crippen MR) is 85.9 cm³/mol. The van der Waals surface area contributed by atoms with Gasteiger partial charge < -0.3 is 10.1 Å². The van der Waals surface area contributed by atoms with Crippen molar-refractivity contribution in [1.29, 1.82) is 0 Å². The molecule has 1 aliphatic rings. The second kappa shape index (κ2) is 6.51. The van der Waals surface area contributed by atoms with Crippen molar-refractivity contribution in [3.63, 3.8) is 0 Å². The van der Waals surface area contributed by atoms with Crippen LogP contribution < -0.4 is 10.1 Å². The summed E-state index contributed by atoms with van der Waals surface area (Å²) >= 11 is 0. The van der Waals surface area contributed by atoms with Gasteiger partial charge in [0.1, 0.15) is 29.5 Å². The van der Waals surface area contributed by atoms with Crippen molar-refractivity contribution in [3.8, 4) is 5.75 Å². The minimum atomic E-state index is -1.66. The number of rotatable bonds is 5. The molecule has 1 atom stereocenters. The molecule has 1 fully saturated rings. The number of benzene rings is 2. The lowest BCUT2D eigenvalue weighted by atomic mass is 9.91. The van der Waals surface area contributed by atoms with Gasteiger partial charge in [0, 0.05) is 5.56 Å². The van der Waals surface area contributed by atoms with E-state index in [0.717, 1.165) is 23.1 Å². The quantitative estimate of drug-likeness (QED) is 0.847. The molecule has 1 N–H and O–H groups in total. The fourth-order valence-corrected chi connectivity index (χ4v) is 2.73. The van der Waals surface area contributed by atoms with Crippen LogP contribution in [0.15, 0.2) is 48.5 Å². The molecular formula is C18H16F2N2O3. The van der Waals surface area contributed by atoms with Crippen LogP contribution in [0, 0.1) is 11.6 Å². The third-order valence-corrected chi connectivity index (χ3v) is 4.07. The first-order valence-electron chi connectivity index (χ1n) is 7.69. The lowest BCUT2D eigenvalue weighted by Gasteiger charge is -2.22. The van der Waals surface area contributed by atoms with Crippen LogP contribution in [0.2, 0.25) is 0 Å². The molecule has 0 radical (unpaired) electrons. The van der Waals surface area contributed by atoms with E-state index in [1.165, 1.54) is 6.92 Å². The summed E-state index contributed by atoms with van der Waals surface area (Å²) in [7, 11) is 0. The van der Waals surface area contributed by atoms with Crippen molar-refractivity contribution in [1.82, 2.24) is 10.2 Å². The highest BCUT2D eigenvalue weighted by atomic mass is 19.1. The molecule has 1 saturated heterocycles. The smallest absolute Gasteiger partial charge is 0.325 e. The molecule has 0 unspecified atom stereocenters. The minimum Gasteiger partial charge on any atom is -0.492 e. The van der Waals surface area contributed by atoms with Crippen molar-refractivity contribution in [2.75, 3.05) is 13.2 Å². The Morgan fingerprint density at radius 2 is 1.84 bits per heavy atom. The molecule has 7 heteroatoms. The molecule has 1 heterocycles. The van der Waals surface area contributed by atoms with Gasteiger partial charge in [-0.15, -0.1) is 0 Å². The predicted octanol–water partition coefficient (Wildman–Crippen LogP) is 2.81. The van der Waals surface area contributed by atoms with Crippen LogP contribution in [0.1, 0.15) is 12.5 Å². The number of ether oxygens (including phenoxy) is 1. The molecule has 0 aromatic heterocycles. The molecule has 2 aromatic carbocycles. The van der Waals surface area contributed by atoms with E-state index in [1.807, 2.05) is 6.07 Å². The number of imide groups is 1. The second-order valence-electron chi connectivity index (χ2n) is 5.80. The topological polar surface area (TPSA) is 58.6 Å². The Labute approximate surface area is 143 Å². The van der Waals surface area contributed by atoms with E-state index in [2.05, 4.69) is 5.32 Å². The zero-order valence-electron chi connectivity index (χ0n) is 13.5. The largest absolute Gasteiger partial charge is 0.492 e. The molecule has 0 saturated carbocycles. The van der Waals surface area contributed by atoms with Crippen molar-refractivity contribution < 1.29 is 23.1 Å². The molecule has 1 aliphatic heterocycles. The lowest BCUT2D eigenvalue weighted by Crippen LogP contribution is -2.42. The molecule has 25 heavy (non-hydrogen) atoms. The summed E-state index contributed by atoms with van der Waals surface area (Å²) in [6.45, 7) is 1.43. The number of nitrogens with zero attached hydrogens (tertiary/aromatic N) is 1. The Morgan fingerprint density at radius 1 is 1.12 bits per heavy atom. The standard InChI is InChI=1S/C18H16F2N2O3/c1-18(14-11-12(19)7-8-15(14)20)16(23)22(17(24)21-18)9-10-25-13-5-3-2-4-6-13/h2-8,11H,9-10H2,1H3,(H,21,24)/t18-/m1/s1. The number of hydrogen-bond acceptors (Lipinski definition) is 3. The van der Waals surface area contributed by atoms with E-state index < -0.39 is 29.1 Å². The Bertz CT molecular complexity index is 813. The SMILES string of the molecule is C[C@]1(c2cc(F)ccc2F)NC(=O)N(CCOc2ccccc2)C1=O. The molecular weight excluding hydrogens is 330 g/mol. The summed E-state index contributed by atoms with van der Waals surface area (Å²) in [5.74, 6) is -1.50. The summed E-state index contributed by atoms with van der Waals surface area (Å²) in [5.41, 5.74) is -1.87. The van der Waals surface area contributed by atoms with Crippen LogP contribution in [0.4, 0.5) is 13.6 Å². The monoisotopic (exact) mass is 346 g/mol. The van der Waals surface area contributed by atoms with E-state index in [1.54, 1.807) is 24.3 Å². The van der Waals surface area contributed by atoms with Crippen molar-refractivity contribution in [2.24, 2.45) is 0 Å². The molecule has 130 valence electrons. The third kappa shape index (κ3) is 3.17. The zero-order valence-corrected chi connectivity index (χ0v) is 13.5. The van der Waals surface area contributed by atoms with Crippen molar-refractivity contribution >= 4 is 11.9 Å². The van der Waals surface area contributed by atoms with E-state index in [9.17, 15) is 18.4 Å². The van der Waals surface area contributed by atoms with Gasteiger partial charge in [-0.25, -0.2) is 13.6 Å². The first kappa shape index (κ1) is 16.9. The van der Waals surface area contributed by atoms with Gasteiger partial charge in [0.05, 0.1) is 6.54 Å². The van der Waals surface area contributed by atoms with Crippen molar-refractivity contribution in [3.05, 3.63) is 65.7 Å². The van der Waals surface area contributed by atoms with Gasteiger partial charge in [-0.1, -0.05) is 18.2 Å². The maximum absolute atomic E-state index is 14.1.